The van der Waals surface area contributed by atoms with E-state index in [1.54, 1.807) is 91.0 Å². The first-order chi connectivity index (χ1) is 33.8. The van der Waals surface area contributed by atoms with E-state index in [1.807, 2.05) is 6.92 Å². The summed E-state index contributed by atoms with van der Waals surface area (Å²) in [7, 11) is 0. The van der Waals surface area contributed by atoms with Gasteiger partial charge in [0.2, 0.25) is 11.6 Å². The molecule has 0 aromatic heterocycles. The second-order valence-corrected chi connectivity index (χ2v) is 22.9. The zero-order chi connectivity index (χ0) is 52.8. The van der Waals surface area contributed by atoms with Gasteiger partial charge in [-0.05, 0) is 113 Å². The van der Waals surface area contributed by atoms with Crippen LogP contribution in [0, 0.1) is 57.2 Å². The summed E-state index contributed by atoms with van der Waals surface area (Å²) < 4.78 is 51.9. The molecule has 1 aromatic rings. The highest BCUT2D eigenvalue weighted by molar-refractivity contribution is 6.02. The third-order valence-electron chi connectivity index (χ3n) is 19.8. The average molecular weight is 1000 g/mol. The Bertz CT molecular complexity index is 2570. The van der Waals surface area contributed by atoms with Crippen LogP contribution in [-0.4, -0.2) is 104 Å². The maximum Gasteiger partial charge on any atom is 0.339 e. The molecule has 15 heteroatoms. The third-order valence-corrected chi connectivity index (χ3v) is 19.8. The summed E-state index contributed by atoms with van der Waals surface area (Å²) in [6.45, 7) is 12.6. The fourth-order valence-corrected chi connectivity index (χ4v) is 16.3. The van der Waals surface area contributed by atoms with Gasteiger partial charge in [0.1, 0.15) is 6.61 Å². The molecule has 6 fully saturated rings. The SMILES string of the molecule is CCC(=O)OCC(=O)[C@@]1(OC(=O)CC)[C@@H](C)C[C@H]2[C@@H]3CCC4=CC(=O)C=C[C@]4(C)[C@@]3(F)[C@@H](O)C[C@@]21C.C[C@H]1C[C@H]2[C@@H]3CCC4=CC(=O)C=C[C@]4(C)[C@@]3(F)[C@@H](O)C[C@]2(C)[C@@]1(OC(=O)c1ccccc1)C(=O)CO. The number of hydrogen-bond donors (Lipinski definition) is 3. The predicted molar refractivity (Wildman–Crippen MR) is 258 cm³/mol. The number of halogens is 2. The van der Waals surface area contributed by atoms with Crippen LogP contribution in [0.3, 0.4) is 0 Å². The van der Waals surface area contributed by atoms with Crippen molar-refractivity contribution in [2.75, 3.05) is 13.2 Å². The lowest BCUT2D eigenvalue weighted by molar-refractivity contribution is -0.228. The summed E-state index contributed by atoms with van der Waals surface area (Å²) in [6, 6.07) is 8.33. The van der Waals surface area contributed by atoms with Crippen LogP contribution in [0.5, 0.6) is 0 Å². The monoisotopic (exact) mass is 1000 g/mol. The molecule has 390 valence electrons. The summed E-state index contributed by atoms with van der Waals surface area (Å²) in [4.78, 5) is 89.1. The lowest BCUT2D eigenvalue weighted by atomic mass is 9.44. The zero-order valence-corrected chi connectivity index (χ0v) is 42.6. The molecule has 0 bridgehead atoms. The van der Waals surface area contributed by atoms with E-state index in [-0.39, 0.29) is 54.6 Å². The smallest absolute Gasteiger partial charge is 0.339 e. The van der Waals surface area contributed by atoms with Gasteiger partial charge in [-0.2, -0.15) is 0 Å². The standard InChI is InChI=1S/C29H33FO6.C28H37FO7/c1-17-13-22-21-10-9-19-14-20(32)11-12-26(19,2)28(21,30)23(33)15-27(22,3)29(17,24(34)16-31)36-25(35)18-7-5-4-6-8-18;1-6-23(33)35-15-22(32)28(36-24(34)7-2)16(3)12-20-19-9-8-17-13-18(30)10-11-25(17,4)27(19,29)21(31)14-26(20,28)5/h4-8,11-12,14,17,21-23,31,33H,9-10,13,15-16H2,1-3H3;10-11,13,16,19-21,31H,6-9,12,14-15H2,1-5H3/t17-,21-,22-,23-,26-,27-,28-,29-;16-,19-,20-,21-,25-,26-,27-,28-/m00/s1. The van der Waals surface area contributed by atoms with Gasteiger partial charge in [-0.3, -0.25) is 28.8 Å². The number of carbonyl (C=O) groups excluding carboxylic acids is 7. The summed E-state index contributed by atoms with van der Waals surface area (Å²) in [5.41, 5.74) is -10.3. The molecule has 3 N–H and O–H groups in total. The second-order valence-electron chi connectivity index (χ2n) is 22.9. The number of ether oxygens (including phenoxy) is 3. The number of aliphatic hydroxyl groups is 3. The summed E-state index contributed by atoms with van der Waals surface area (Å²) in [6.07, 6.45) is 8.48. The van der Waals surface area contributed by atoms with Gasteiger partial charge in [0.25, 0.3) is 0 Å². The van der Waals surface area contributed by atoms with Crippen molar-refractivity contribution in [1.29, 1.82) is 0 Å². The second kappa shape index (κ2) is 18.4. The maximum absolute atomic E-state index is 17.4. The number of fused-ring (bicyclic) bond motifs is 10. The van der Waals surface area contributed by atoms with Gasteiger partial charge in [0, 0.05) is 58.2 Å². The minimum Gasteiger partial charge on any atom is -0.457 e. The average Bonchev–Trinajstić information content (AvgIpc) is 3.70. The van der Waals surface area contributed by atoms with E-state index >= 15 is 8.78 Å². The van der Waals surface area contributed by atoms with E-state index < -0.39 is 123 Å². The number of hydrogen-bond acceptors (Lipinski definition) is 13. The summed E-state index contributed by atoms with van der Waals surface area (Å²) in [5.74, 6) is -6.32. The largest absolute Gasteiger partial charge is 0.457 e. The van der Waals surface area contributed by atoms with Crippen LogP contribution in [0.25, 0.3) is 0 Å². The third kappa shape index (κ3) is 7.22. The Hall–Kier alpha value is -4.99. The highest BCUT2D eigenvalue weighted by Gasteiger charge is 2.79. The minimum atomic E-state index is -2.06. The Morgan fingerprint density at radius 2 is 1.10 bits per heavy atom. The molecule has 0 amide bonds. The molecule has 0 spiro atoms. The lowest BCUT2D eigenvalue weighted by Gasteiger charge is -2.62. The van der Waals surface area contributed by atoms with Crippen molar-refractivity contribution in [2.24, 2.45) is 57.2 Å². The number of aliphatic hydroxyl groups excluding tert-OH is 3. The molecule has 0 heterocycles. The van der Waals surface area contributed by atoms with E-state index in [0.29, 0.717) is 49.7 Å². The number of benzene rings is 1. The molecule has 9 rings (SSSR count). The van der Waals surface area contributed by atoms with Crippen molar-refractivity contribution in [2.45, 2.75) is 154 Å². The number of esters is 3. The van der Waals surface area contributed by atoms with Crippen LogP contribution >= 0.6 is 0 Å². The van der Waals surface area contributed by atoms with Gasteiger partial charge in [-0.1, -0.05) is 83.0 Å². The van der Waals surface area contributed by atoms with Gasteiger partial charge in [-0.25, -0.2) is 13.6 Å². The van der Waals surface area contributed by atoms with E-state index in [9.17, 15) is 48.9 Å². The number of Topliss-reactive ketones (excluding diaryl/α,β-unsaturated/α-hetero) is 2. The summed E-state index contributed by atoms with van der Waals surface area (Å²) >= 11 is 0. The molecule has 8 aliphatic rings. The molecule has 0 saturated heterocycles. The molecule has 1 aromatic carbocycles. The van der Waals surface area contributed by atoms with Crippen molar-refractivity contribution < 1.29 is 71.9 Å². The summed E-state index contributed by atoms with van der Waals surface area (Å²) in [5, 5.41) is 33.1. The number of ketones is 4. The molecule has 0 aliphatic heterocycles. The first-order valence-corrected chi connectivity index (χ1v) is 25.7. The van der Waals surface area contributed by atoms with Crippen LogP contribution in [0.15, 0.2) is 77.9 Å². The van der Waals surface area contributed by atoms with Crippen LogP contribution < -0.4 is 0 Å². The Morgan fingerprint density at radius 1 is 0.653 bits per heavy atom. The molecule has 16 atom stereocenters. The number of alkyl halides is 2. The topological polar surface area (TPSA) is 208 Å². The van der Waals surface area contributed by atoms with E-state index in [4.69, 9.17) is 14.2 Å². The van der Waals surface area contributed by atoms with Gasteiger partial charge in [0.15, 0.2) is 40.7 Å². The lowest BCUT2D eigenvalue weighted by Crippen LogP contribution is -2.70. The predicted octanol–water partition coefficient (Wildman–Crippen LogP) is 7.58. The Labute approximate surface area is 419 Å². The van der Waals surface area contributed by atoms with Crippen molar-refractivity contribution in [3.63, 3.8) is 0 Å². The normalized spacial score (nSPS) is 43.1. The van der Waals surface area contributed by atoms with Crippen LogP contribution in [-0.2, 0) is 43.0 Å². The fraction of sp³-hybridized carbons (Fsp3) is 0.632. The quantitative estimate of drug-likeness (QED) is 0.153. The van der Waals surface area contributed by atoms with Crippen molar-refractivity contribution in [3.05, 3.63) is 83.5 Å². The Kier molecular flexibility index (Phi) is 13.7. The molecule has 13 nitrogen and oxygen atoms in total. The minimum absolute atomic E-state index is 0.0430. The van der Waals surface area contributed by atoms with E-state index in [0.717, 1.165) is 0 Å². The molecule has 72 heavy (non-hydrogen) atoms. The molecule has 8 aliphatic carbocycles. The van der Waals surface area contributed by atoms with Crippen molar-refractivity contribution in [3.8, 4) is 0 Å². The maximum atomic E-state index is 17.4. The van der Waals surface area contributed by atoms with E-state index in [2.05, 4.69) is 0 Å². The van der Waals surface area contributed by atoms with Gasteiger partial charge < -0.3 is 29.5 Å². The van der Waals surface area contributed by atoms with Gasteiger partial charge in [0.05, 0.1) is 17.8 Å². The highest BCUT2D eigenvalue weighted by atomic mass is 19.1. The number of allylic oxidation sites excluding steroid dienone is 8. The van der Waals surface area contributed by atoms with Gasteiger partial charge in [-0.15, -0.1) is 0 Å². The van der Waals surface area contributed by atoms with Crippen molar-refractivity contribution in [1.82, 2.24) is 0 Å². The van der Waals surface area contributed by atoms with Crippen LogP contribution in [0.4, 0.5) is 8.78 Å². The first-order valence-electron chi connectivity index (χ1n) is 25.7. The molecule has 0 unspecified atom stereocenters. The Balaban J connectivity index is 0.000000193. The van der Waals surface area contributed by atoms with Crippen molar-refractivity contribution >= 4 is 41.0 Å². The number of rotatable bonds is 10. The first kappa shape index (κ1) is 53.3. The Morgan fingerprint density at radius 3 is 1.53 bits per heavy atom. The molecule has 0 radical (unpaired) electrons. The number of carbonyl (C=O) groups is 7. The molecular formula is C57H70F2O13. The van der Waals surface area contributed by atoms with E-state index in [1.165, 1.54) is 24.3 Å². The van der Waals surface area contributed by atoms with Gasteiger partial charge >= 0.3 is 17.9 Å². The highest BCUT2D eigenvalue weighted by Crippen LogP contribution is 2.73. The molecular weight excluding hydrogens is 931 g/mol. The van der Waals surface area contributed by atoms with Crippen LogP contribution in [0.1, 0.15) is 130 Å². The molecule has 6 saturated carbocycles. The zero-order valence-electron chi connectivity index (χ0n) is 42.6. The van der Waals surface area contributed by atoms with Crippen LogP contribution in [0.2, 0.25) is 0 Å². The fourth-order valence-electron chi connectivity index (χ4n) is 16.3.